The lowest BCUT2D eigenvalue weighted by Gasteiger charge is -2.53. The molecule has 4 aliphatic carbocycles. The van der Waals surface area contributed by atoms with Gasteiger partial charge in [-0.05, 0) is 87.5 Å². The standard InChI is InChI=1S/C19H31NO/c1-19-10-9-15-14-6-4-13(21)11-12(14)3-5-16(15)17(19)7-8-18(19)20-2/h3,13-18,20-21H,4-11H2,1-2H3/t13-,14-,15+,16+,17-,18-,19-/m0/s1. The first-order valence-electron chi connectivity index (χ1n) is 9.17. The maximum absolute atomic E-state index is 9.95. The Bertz CT molecular complexity index is 445. The second-order valence-electron chi connectivity index (χ2n) is 8.45. The van der Waals surface area contributed by atoms with Crippen LogP contribution in [-0.2, 0) is 0 Å². The van der Waals surface area contributed by atoms with Crippen molar-refractivity contribution in [3.63, 3.8) is 0 Å². The SMILES string of the molecule is CN[C@H]1CC[C@H]2[C@@H]3CC=C4C[C@@H](O)CC[C@@H]4[C@H]3CC[C@]12C. The van der Waals surface area contributed by atoms with Crippen molar-refractivity contribution < 1.29 is 5.11 Å². The smallest absolute Gasteiger partial charge is 0.0577 e. The first kappa shape index (κ1) is 14.3. The summed E-state index contributed by atoms with van der Waals surface area (Å²) in [5.74, 6) is 3.58. The molecule has 0 aromatic heterocycles. The Labute approximate surface area is 129 Å². The number of hydrogen-bond donors (Lipinski definition) is 2. The van der Waals surface area contributed by atoms with Gasteiger partial charge >= 0.3 is 0 Å². The van der Waals surface area contributed by atoms with Crippen molar-refractivity contribution in [3.8, 4) is 0 Å². The number of nitrogens with one attached hydrogen (secondary N) is 1. The van der Waals surface area contributed by atoms with Gasteiger partial charge in [-0.3, -0.25) is 0 Å². The summed E-state index contributed by atoms with van der Waals surface area (Å²) in [6, 6.07) is 0.738. The summed E-state index contributed by atoms with van der Waals surface area (Å²) in [5.41, 5.74) is 2.15. The Morgan fingerprint density at radius 2 is 2.00 bits per heavy atom. The van der Waals surface area contributed by atoms with Gasteiger partial charge in [0.1, 0.15) is 0 Å². The third-order valence-corrected chi connectivity index (χ3v) is 7.77. The lowest BCUT2D eigenvalue weighted by atomic mass is 9.52. The zero-order valence-corrected chi connectivity index (χ0v) is 13.6. The third-order valence-electron chi connectivity index (χ3n) is 7.77. The fourth-order valence-corrected chi connectivity index (χ4v) is 6.72. The van der Waals surface area contributed by atoms with Crippen LogP contribution in [-0.4, -0.2) is 24.3 Å². The molecular weight excluding hydrogens is 258 g/mol. The first-order chi connectivity index (χ1) is 10.1. The molecule has 0 aliphatic heterocycles. The van der Waals surface area contributed by atoms with E-state index >= 15 is 0 Å². The highest BCUT2D eigenvalue weighted by molar-refractivity contribution is 5.20. The van der Waals surface area contributed by atoms with E-state index in [1.165, 1.54) is 38.5 Å². The second kappa shape index (κ2) is 5.09. The van der Waals surface area contributed by atoms with Gasteiger partial charge in [-0.15, -0.1) is 0 Å². The predicted octanol–water partition coefficient (Wildman–Crippen LogP) is 3.51. The van der Waals surface area contributed by atoms with E-state index in [1.807, 2.05) is 0 Å². The van der Waals surface area contributed by atoms with Gasteiger partial charge in [-0.25, -0.2) is 0 Å². The zero-order valence-electron chi connectivity index (χ0n) is 13.6. The van der Waals surface area contributed by atoms with E-state index in [0.29, 0.717) is 5.41 Å². The molecule has 4 rings (SSSR count). The van der Waals surface area contributed by atoms with Crippen molar-refractivity contribution in [2.45, 2.75) is 70.4 Å². The maximum atomic E-state index is 9.95. The highest BCUT2D eigenvalue weighted by atomic mass is 16.3. The number of rotatable bonds is 1. The average Bonchev–Trinajstić information content (AvgIpc) is 2.83. The Morgan fingerprint density at radius 3 is 2.81 bits per heavy atom. The van der Waals surface area contributed by atoms with Gasteiger partial charge in [0, 0.05) is 6.04 Å². The van der Waals surface area contributed by atoms with E-state index in [0.717, 1.165) is 42.6 Å². The number of fused-ring (bicyclic) bond motifs is 5. The van der Waals surface area contributed by atoms with Crippen LogP contribution < -0.4 is 5.32 Å². The molecule has 2 nitrogen and oxygen atoms in total. The molecule has 0 aromatic rings. The molecule has 0 heterocycles. The van der Waals surface area contributed by atoms with Crippen LogP contribution >= 0.6 is 0 Å². The molecular formula is C19H31NO. The predicted molar refractivity (Wildman–Crippen MR) is 85.9 cm³/mol. The molecule has 2 heteroatoms. The van der Waals surface area contributed by atoms with Crippen LogP contribution in [0.1, 0.15) is 58.3 Å². The van der Waals surface area contributed by atoms with E-state index < -0.39 is 0 Å². The lowest BCUT2D eigenvalue weighted by molar-refractivity contribution is -0.00854. The molecule has 0 bridgehead atoms. The molecule has 7 atom stereocenters. The van der Waals surface area contributed by atoms with Crippen LogP contribution in [0.2, 0.25) is 0 Å². The second-order valence-corrected chi connectivity index (χ2v) is 8.45. The highest BCUT2D eigenvalue weighted by Gasteiger charge is 2.55. The Balaban J connectivity index is 1.60. The number of aliphatic hydroxyl groups excluding tert-OH is 1. The van der Waals surface area contributed by atoms with Crippen molar-refractivity contribution >= 4 is 0 Å². The summed E-state index contributed by atoms with van der Waals surface area (Å²) in [6.45, 7) is 2.56. The highest BCUT2D eigenvalue weighted by Crippen LogP contribution is 2.61. The van der Waals surface area contributed by atoms with Crippen molar-refractivity contribution in [1.82, 2.24) is 5.32 Å². The molecule has 0 aromatic carbocycles. The van der Waals surface area contributed by atoms with E-state index in [9.17, 15) is 5.11 Å². The maximum Gasteiger partial charge on any atom is 0.0577 e. The monoisotopic (exact) mass is 289 g/mol. The molecule has 4 aliphatic rings. The van der Waals surface area contributed by atoms with E-state index in [4.69, 9.17) is 0 Å². The lowest BCUT2D eigenvalue weighted by Crippen LogP contribution is -2.50. The molecule has 0 unspecified atom stereocenters. The minimum Gasteiger partial charge on any atom is -0.393 e. The van der Waals surface area contributed by atoms with Gasteiger partial charge in [-0.2, -0.15) is 0 Å². The fraction of sp³-hybridized carbons (Fsp3) is 0.895. The first-order valence-corrected chi connectivity index (χ1v) is 9.17. The average molecular weight is 289 g/mol. The van der Waals surface area contributed by atoms with E-state index in [2.05, 4.69) is 25.4 Å². The van der Waals surface area contributed by atoms with Gasteiger partial charge in [-0.1, -0.05) is 18.6 Å². The van der Waals surface area contributed by atoms with Gasteiger partial charge in [0.05, 0.1) is 6.10 Å². The van der Waals surface area contributed by atoms with Crippen LogP contribution in [0.25, 0.3) is 0 Å². The van der Waals surface area contributed by atoms with Gasteiger partial charge < -0.3 is 10.4 Å². The fourth-order valence-electron chi connectivity index (χ4n) is 6.72. The molecule has 3 fully saturated rings. The normalized spacial score (nSPS) is 52.6. The molecule has 21 heavy (non-hydrogen) atoms. The minimum absolute atomic E-state index is 0.0574. The van der Waals surface area contributed by atoms with Crippen LogP contribution in [0, 0.1) is 29.1 Å². The van der Waals surface area contributed by atoms with Crippen molar-refractivity contribution in [2.24, 2.45) is 29.1 Å². The minimum atomic E-state index is -0.0574. The van der Waals surface area contributed by atoms with Gasteiger partial charge in [0.2, 0.25) is 0 Å². The summed E-state index contributed by atoms with van der Waals surface area (Å²) < 4.78 is 0. The molecule has 3 saturated carbocycles. The van der Waals surface area contributed by atoms with Crippen LogP contribution in [0.15, 0.2) is 11.6 Å². The summed E-state index contributed by atoms with van der Waals surface area (Å²) >= 11 is 0. The van der Waals surface area contributed by atoms with Gasteiger partial charge in [0.25, 0.3) is 0 Å². The quantitative estimate of drug-likeness (QED) is 0.724. The molecule has 0 amide bonds. The van der Waals surface area contributed by atoms with E-state index in [-0.39, 0.29) is 6.10 Å². The molecule has 2 N–H and O–H groups in total. The summed E-state index contributed by atoms with van der Waals surface area (Å²) in [4.78, 5) is 0. The van der Waals surface area contributed by atoms with Crippen LogP contribution in [0.3, 0.4) is 0 Å². The van der Waals surface area contributed by atoms with Crippen LogP contribution in [0.5, 0.6) is 0 Å². The summed E-state index contributed by atoms with van der Waals surface area (Å²) in [7, 11) is 2.16. The zero-order chi connectivity index (χ0) is 14.6. The molecule has 0 saturated heterocycles. The molecule has 0 spiro atoms. The largest absolute Gasteiger partial charge is 0.393 e. The van der Waals surface area contributed by atoms with Crippen molar-refractivity contribution in [1.29, 1.82) is 0 Å². The number of aliphatic hydroxyl groups is 1. The topological polar surface area (TPSA) is 32.3 Å². The molecule has 0 radical (unpaired) electrons. The Kier molecular flexibility index (Phi) is 3.46. The van der Waals surface area contributed by atoms with Gasteiger partial charge in [0.15, 0.2) is 0 Å². The Hall–Kier alpha value is -0.340. The van der Waals surface area contributed by atoms with Crippen molar-refractivity contribution in [3.05, 3.63) is 11.6 Å². The number of hydrogen-bond acceptors (Lipinski definition) is 2. The van der Waals surface area contributed by atoms with Crippen LogP contribution in [0.4, 0.5) is 0 Å². The number of allylic oxidation sites excluding steroid dienone is 1. The Morgan fingerprint density at radius 1 is 1.14 bits per heavy atom. The molecule has 118 valence electrons. The van der Waals surface area contributed by atoms with E-state index in [1.54, 1.807) is 5.57 Å². The summed E-state index contributed by atoms with van der Waals surface area (Å²) in [6.07, 6.45) is 12.7. The third kappa shape index (κ3) is 2.05. The van der Waals surface area contributed by atoms with Crippen molar-refractivity contribution in [2.75, 3.05) is 7.05 Å². The summed E-state index contributed by atoms with van der Waals surface area (Å²) in [5, 5.41) is 13.6.